The minimum atomic E-state index is -0.0986. The third-order valence-electron chi connectivity index (χ3n) is 1.83. The summed E-state index contributed by atoms with van der Waals surface area (Å²) in [5.41, 5.74) is 6.42. The van der Waals surface area contributed by atoms with Crippen molar-refractivity contribution in [2.45, 2.75) is 19.5 Å². The minimum Gasteiger partial charge on any atom is -0.359 e. The molecule has 1 unspecified atom stereocenters. The van der Waals surface area contributed by atoms with Crippen LogP contribution in [0.1, 0.15) is 24.4 Å². The van der Waals surface area contributed by atoms with Crippen molar-refractivity contribution in [1.29, 1.82) is 0 Å². The monoisotopic (exact) mass is 193 g/mol. The van der Waals surface area contributed by atoms with E-state index in [0.717, 1.165) is 11.5 Å². The van der Waals surface area contributed by atoms with Crippen LogP contribution in [0.5, 0.6) is 0 Å². The maximum atomic E-state index is 5.65. The molecule has 0 radical (unpaired) electrons. The van der Waals surface area contributed by atoms with Crippen molar-refractivity contribution in [3.05, 3.63) is 29.9 Å². The van der Waals surface area contributed by atoms with E-state index >= 15 is 0 Å². The van der Waals surface area contributed by atoms with Crippen LogP contribution in [0.15, 0.2) is 23.0 Å². The third-order valence-corrected chi connectivity index (χ3v) is 1.83. The molecule has 2 aromatic heterocycles. The molecule has 0 spiro atoms. The predicted molar refractivity (Wildman–Crippen MR) is 48.2 cm³/mol. The first kappa shape index (κ1) is 8.89. The van der Waals surface area contributed by atoms with E-state index in [4.69, 9.17) is 10.3 Å². The van der Waals surface area contributed by atoms with Crippen LogP contribution in [0, 0.1) is 0 Å². The average Bonchev–Trinajstić information content (AvgIpc) is 2.75. The van der Waals surface area contributed by atoms with E-state index in [2.05, 4.69) is 15.5 Å². The Balaban J connectivity index is 2.11. The standard InChI is InChI=1S/C8H11N5O/c1-6(9)8-5-13(12-11-8)4-7-2-3-10-14-7/h2-3,5-6H,4,9H2,1H3. The third kappa shape index (κ3) is 1.80. The van der Waals surface area contributed by atoms with Gasteiger partial charge in [-0.25, -0.2) is 4.68 Å². The Morgan fingerprint density at radius 3 is 3.07 bits per heavy atom. The van der Waals surface area contributed by atoms with Crippen molar-refractivity contribution in [3.63, 3.8) is 0 Å². The molecule has 0 aliphatic rings. The van der Waals surface area contributed by atoms with Gasteiger partial charge < -0.3 is 10.3 Å². The zero-order valence-corrected chi connectivity index (χ0v) is 7.79. The lowest BCUT2D eigenvalue weighted by atomic mass is 10.3. The molecule has 1 atom stereocenters. The lowest BCUT2D eigenvalue weighted by Crippen LogP contribution is -2.05. The maximum absolute atomic E-state index is 5.65. The highest BCUT2D eigenvalue weighted by Crippen LogP contribution is 2.05. The van der Waals surface area contributed by atoms with E-state index in [1.165, 1.54) is 0 Å². The molecule has 0 bridgehead atoms. The zero-order chi connectivity index (χ0) is 9.97. The topological polar surface area (TPSA) is 82.8 Å². The van der Waals surface area contributed by atoms with Crippen LogP contribution in [-0.4, -0.2) is 20.2 Å². The van der Waals surface area contributed by atoms with Crippen molar-refractivity contribution < 1.29 is 4.52 Å². The fourth-order valence-electron chi connectivity index (χ4n) is 1.08. The number of hydrogen-bond acceptors (Lipinski definition) is 5. The van der Waals surface area contributed by atoms with Gasteiger partial charge in [0.15, 0.2) is 5.76 Å². The molecule has 2 heterocycles. The van der Waals surface area contributed by atoms with Gasteiger partial charge in [-0.1, -0.05) is 10.4 Å². The Hall–Kier alpha value is -1.69. The van der Waals surface area contributed by atoms with E-state index in [0.29, 0.717) is 6.54 Å². The normalized spacial score (nSPS) is 13.0. The fourth-order valence-corrected chi connectivity index (χ4v) is 1.08. The number of nitrogens with zero attached hydrogens (tertiary/aromatic N) is 4. The highest BCUT2D eigenvalue weighted by molar-refractivity contribution is 5.00. The van der Waals surface area contributed by atoms with Crippen molar-refractivity contribution >= 4 is 0 Å². The van der Waals surface area contributed by atoms with Gasteiger partial charge in [-0.05, 0) is 6.92 Å². The molecule has 14 heavy (non-hydrogen) atoms. The van der Waals surface area contributed by atoms with Gasteiger partial charge in [0, 0.05) is 12.1 Å². The Kier molecular flexibility index (Phi) is 2.28. The van der Waals surface area contributed by atoms with Crippen LogP contribution in [0.25, 0.3) is 0 Å². The number of hydrogen-bond donors (Lipinski definition) is 1. The average molecular weight is 193 g/mol. The van der Waals surface area contributed by atoms with Gasteiger partial charge in [0.2, 0.25) is 0 Å². The summed E-state index contributed by atoms with van der Waals surface area (Å²) in [5, 5.41) is 11.4. The SMILES string of the molecule is CC(N)c1cn(Cc2ccno2)nn1. The van der Waals surface area contributed by atoms with Crippen molar-refractivity contribution in [2.24, 2.45) is 5.73 Å². The van der Waals surface area contributed by atoms with Gasteiger partial charge in [-0.15, -0.1) is 5.10 Å². The molecule has 0 aromatic carbocycles. The molecule has 6 nitrogen and oxygen atoms in total. The zero-order valence-electron chi connectivity index (χ0n) is 7.79. The fraction of sp³-hybridized carbons (Fsp3) is 0.375. The smallest absolute Gasteiger partial charge is 0.158 e. The predicted octanol–water partition coefficient (Wildman–Crippen LogP) is 0.334. The molecule has 0 amide bonds. The lowest BCUT2D eigenvalue weighted by Gasteiger charge is -1.96. The molecular formula is C8H11N5O. The largest absolute Gasteiger partial charge is 0.359 e. The second-order valence-corrected chi connectivity index (χ2v) is 3.11. The van der Waals surface area contributed by atoms with Crippen LogP contribution < -0.4 is 5.73 Å². The summed E-state index contributed by atoms with van der Waals surface area (Å²) < 4.78 is 6.60. The molecule has 2 aromatic rings. The molecule has 2 rings (SSSR count). The summed E-state index contributed by atoms with van der Waals surface area (Å²) in [6.07, 6.45) is 3.39. The Morgan fingerprint density at radius 1 is 1.64 bits per heavy atom. The molecule has 2 N–H and O–H groups in total. The van der Waals surface area contributed by atoms with Crippen molar-refractivity contribution in [1.82, 2.24) is 20.2 Å². The van der Waals surface area contributed by atoms with Crippen molar-refractivity contribution in [2.75, 3.05) is 0 Å². The van der Waals surface area contributed by atoms with Gasteiger partial charge in [-0.3, -0.25) is 0 Å². The van der Waals surface area contributed by atoms with Gasteiger partial charge >= 0.3 is 0 Å². The first-order chi connectivity index (χ1) is 6.75. The van der Waals surface area contributed by atoms with E-state index in [1.54, 1.807) is 23.1 Å². The second kappa shape index (κ2) is 3.59. The second-order valence-electron chi connectivity index (χ2n) is 3.11. The molecule has 0 aliphatic carbocycles. The molecule has 6 heteroatoms. The van der Waals surface area contributed by atoms with Gasteiger partial charge in [0.05, 0.1) is 18.1 Å². The maximum Gasteiger partial charge on any atom is 0.158 e. The molecule has 0 saturated heterocycles. The summed E-state index contributed by atoms with van der Waals surface area (Å²) in [4.78, 5) is 0. The first-order valence-corrected chi connectivity index (χ1v) is 4.31. The van der Waals surface area contributed by atoms with Gasteiger partial charge in [0.25, 0.3) is 0 Å². The van der Waals surface area contributed by atoms with Gasteiger partial charge in [0.1, 0.15) is 6.54 Å². The molecule has 0 fully saturated rings. The van der Waals surface area contributed by atoms with E-state index in [1.807, 2.05) is 6.92 Å². The minimum absolute atomic E-state index is 0.0986. The summed E-state index contributed by atoms with van der Waals surface area (Å²) in [5.74, 6) is 0.742. The Morgan fingerprint density at radius 2 is 2.50 bits per heavy atom. The molecular weight excluding hydrogens is 182 g/mol. The summed E-state index contributed by atoms with van der Waals surface area (Å²) in [6, 6.07) is 1.69. The van der Waals surface area contributed by atoms with Crippen LogP contribution in [0.4, 0.5) is 0 Å². The number of rotatable bonds is 3. The molecule has 74 valence electrons. The summed E-state index contributed by atoms with van der Waals surface area (Å²) >= 11 is 0. The van der Waals surface area contributed by atoms with E-state index in [-0.39, 0.29) is 6.04 Å². The van der Waals surface area contributed by atoms with Crippen molar-refractivity contribution in [3.8, 4) is 0 Å². The lowest BCUT2D eigenvalue weighted by molar-refractivity contribution is 0.370. The molecule has 0 aliphatic heterocycles. The van der Waals surface area contributed by atoms with E-state index < -0.39 is 0 Å². The Labute approximate surface area is 80.7 Å². The number of nitrogens with two attached hydrogens (primary N) is 1. The number of aromatic nitrogens is 4. The highest BCUT2D eigenvalue weighted by atomic mass is 16.5. The van der Waals surface area contributed by atoms with Crippen LogP contribution in [0.2, 0.25) is 0 Å². The van der Waals surface area contributed by atoms with E-state index in [9.17, 15) is 0 Å². The van der Waals surface area contributed by atoms with Crippen LogP contribution >= 0.6 is 0 Å². The van der Waals surface area contributed by atoms with Crippen LogP contribution in [-0.2, 0) is 6.54 Å². The quantitative estimate of drug-likeness (QED) is 0.759. The summed E-state index contributed by atoms with van der Waals surface area (Å²) in [6.45, 7) is 2.39. The Bertz CT molecular complexity index is 392. The molecule has 0 saturated carbocycles. The first-order valence-electron chi connectivity index (χ1n) is 4.31. The van der Waals surface area contributed by atoms with Crippen LogP contribution in [0.3, 0.4) is 0 Å². The summed E-state index contributed by atoms with van der Waals surface area (Å²) in [7, 11) is 0. The highest BCUT2D eigenvalue weighted by Gasteiger charge is 2.06. The van der Waals surface area contributed by atoms with Gasteiger partial charge in [-0.2, -0.15) is 0 Å².